The molecule has 4 aromatic heterocycles. The van der Waals surface area contributed by atoms with E-state index in [1.54, 1.807) is 67.0 Å². The van der Waals surface area contributed by atoms with Crippen LogP contribution < -0.4 is 56.8 Å². The number of thioether (sulfide) groups is 1. The standard InChI is InChI=1S/C25H25ClN6O8S2.C25H25ClN6O6S2/c1-37-18-8-9-20(26)21(12-18)40-22-23(32-42(35,36)31-13-17-6-4-3-5-7-17)29-16-30-24(22)38-10-11-39-25-27-14-19(15-28-25)41(2,33)34;1-35-18-8-9-20(26)21(12-18)38-22-23(32-40(33,34)31-13-17-6-4-3-5-7-17)29-16-30-24(22)36-10-11-37-25-27-14-19(39-2)15-28-25/h3-9,12,14-16,31H,10-11,13H2,1-2H3,(H,29,30,32);3-9,12,14-16,31H,10-11,13H2,1-2H3,(H,29,30,32). The zero-order valence-corrected chi connectivity index (χ0v) is 48.4. The topological polar surface area (TPSA) is 327 Å². The van der Waals surface area contributed by atoms with Gasteiger partial charge in [0.2, 0.25) is 11.5 Å². The van der Waals surface area contributed by atoms with Crippen LogP contribution in [0.25, 0.3) is 0 Å². The molecule has 0 saturated carbocycles. The molecule has 4 aromatic carbocycles. The second-order valence-corrected chi connectivity index (χ2v) is 22.8. The summed E-state index contributed by atoms with van der Waals surface area (Å²) in [6, 6.07) is 27.5. The molecule has 0 unspecified atom stereocenters. The van der Waals surface area contributed by atoms with Gasteiger partial charge in [-0.15, -0.1) is 11.8 Å². The number of nitrogens with zero attached hydrogens (tertiary/aromatic N) is 8. The lowest BCUT2D eigenvalue weighted by molar-refractivity contribution is 0.197. The SMILES string of the molecule is COc1ccc(Cl)c(Oc2c(NS(=O)(=O)NCc3ccccc3)ncnc2OCCOc2ncc(S(C)(=O)=O)cn2)c1.COc1ccc(Cl)c(Oc2c(NS(=O)(=O)NCc3ccccc3)ncnc2OCCOc2ncc(SC)cn2)c1. The van der Waals surface area contributed by atoms with Crippen LogP contribution in [0.3, 0.4) is 0 Å². The molecular formula is C50H50Cl2N12O14S4. The van der Waals surface area contributed by atoms with Crippen molar-refractivity contribution >= 4 is 76.9 Å². The highest BCUT2D eigenvalue weighted by atomic mass is 35.5. The van der Waals surface area contributed by atoms with E-state index in [2.05, 4.69) is 58.8 Å². The smallest absolute Gasteiger partial charge is 0.316 e. The number of benzene rings is 4. The van der Waals surface area contributed by atoms with Gasteiger partial charge in [-0.3, -0.25) is 9.44 Å². The van der Waals surface area contributed by atoms with E-state index in [1.165, 1.54) is 44.2 Å². The number of sulfone groups is 1. The molecule has 4 N–H and O–H groups in total. The number of halogens is 2. The minimum atomic E-state index is -4.13. The monoisotopic (exact) mass is 1240 g/mol. The van der Waals surface area contributed by atoms with Crippen LogP contribution in [-0.2, 0) is 43.3 Å². The second-order valence-electron chi connectivity index (χ2n) is 16.1. The Hall–Kier alpha value is -8.10. The van der Waals surface area contributed by atoms with Crippen molar-refractivity contribution < 1.29 is 63.1 Å². The van der Waals surface area contributed by atoms with Crippen molar-refractivity contribution in [3.63, 3.8) is 0 Å². The third kappa shape index (κ3) is 19.0. The molecule has 0 aliphatic carbocycles. The third-order valence-electron chi connectivity index (χ3n) is 10.3. The molecule has 32 heteroatoms. The van der Waals surface area contributed by atoms with Gasteiger partial charge in [0.25, 0.3) is 11.8 Å². The molecule has 4 heterocycles. The normalized spacial score (nSPS) is 11.3. The van der Waals surface area contributed by atoms with Crippen molar-refractivity contribution in [3.05, 3.63) is 156 Å². The van der Waals surface area contributed by atoms with Gasteiger partial charge in [-0.2, -0.15) is 36.2 Å². The first-order valence-electron chi connectivity index (χ1n) is 23.7. The fraction of sp³-hybridized carbons (Fsp3) is 0.200. The molecular weight excluding hydrogens is 1190 g/mol. The number of ether oxygens (including phenoxy) is 8. The van der Waals surface area contributed by atoms with Crippen molar-refractivity contribution in [1.82, 2.24) is 49.3 Å². The molecule has 82 heavy (non-hydrogen) atoms. The molecule has 8 rings (SSSR count). The Morgan fingerprint density at radius 2 is 0.915 bits per heavy atom. The Morgan fingerprint density at radius 3 is 1.30 bits per heavy atom. The van der Waals surface area contributed by atoms with Crippen molar-refractivity contribution in [1.29, 1.82) is 0 Å². The van der Waals surface area contributed by atoms with Gasteiger partial charge in [-0.1, -0.05) is 83.9 Å². The van der Waals surface area contributed by atoms with E-state index >= 15 is 0 Å². The van der Waals surface area contributed by atoms with Crippen LogP contribution in [0.1, 0.15) is 11.1 Å². The van der Waals surface area contributed by atoms with E-state index in [0.717, 1.165) is 47.3 Å². The molecule has 26 nitrogen and oxygen atoms in total. The van der Waals surface area contributed by atoms with Crippen LogP contribution in [0, 0.1) is 0 Å². The Labute approximate surface area is 485 Å². The van der Waals surface area contributed by atoms with Crippen LogP contribution in [-0.4, -0.2) is 118 Å². The largest absolute Gasteiger partial charge is 0.497 e. The predicted octanol–water partition coefficient (Wildman–Crippen LogP) is 7.38. The lowest BCUT2D eigenvalue weighted by Gasteiger charge is -2.17. The number of rotatable bonds is 28. The van der Waals surface area contributed by atoms with Crippen LogP contribution in [0.15, 0.2) is 144 Å². The molecule has 0 aliphatic rings. The van der Waals surface area contributed by atoms with Gasteiger partial charge >= 0.3 is 32.4 Å². The van der Waals surface area contributed by atoms with Crippen molar-refractivity contribution in [2.45, 2.75) is 22.9 Å². The maximum Gasteiger partial charge on any atom is 0.316 e. The molecule has 0 bridgehead atoms. The Kier molecular flexibility index (Phi) is 22.2. The zero-order chi connectivity index (χ0) is 58.5. The molecule has 0 fully saturated rings. The van der Waals surface area contributed by atoms with Crippen molar-refractivity contribution in [2.75, 3.05) is 62.6 Å². The summed E-state index contributed by atoms with van der Waals surface area (Å²) < 4.78 is 129. The van der Waals surface area contributed by atoms with Gasteiger partial charge in [0.1, 0.15) is 67.0 Å². The quantitative estimate of drug-likeness (QED) is 0.0274. The van der Waals surface area contributed by atoms with Gasteiger partial charge in [0, 0.05) is 48.8 Å². The number of hydrogen-bond acceptors (Lipinski definition) is 23. The molecule has 0 spiro atoms. The highest BCUT2D eigenvalue weighted by Gasteiger charge is 2.24. The average molecular weight is 1240 g/mol. The van der Waals surface area contributed by atoms with Gasteiger partial charge in [-0.25, -0.2) is 38.3 Å². The van der Waals surface area contributed by atoms with E-state index in [-0.39, 0.29) is 113 Å². The minimum Gasteiger partial charge on any atom is -0.497 e. The summed E-state index contributed by atoms with van der Waals surface area (Å²) in [5.74, 6) is 0.248. The van der Waals surface area contributed by atoms with Gasteiger partial charge in [-0.05, 0) is 41.6 Å². The van der Waals surface area contributed by atoms with Crippen LogP contribution in [0.2, 0.25) is 10.0 Å². The number of nitrogens with one attached hydrogen (secondary N) is 4. The van der Waals surface area contributed by atoms with Gasteiger partial charge in [0.05, 0.1) is 36.7 Å². The fourth-order valence-electron chi connectivity index (χ4n) is 6.32. The van der Waals surface area contributed by atoms with E-state index in [4.69, 9.17) is 61.1 Å². The number of hydrogen-bond donors (Lipinski definition) is 4. The zero-order valence-electron chi connectivity index (χ0n) is 43.6. The first kappa shape index (κ1) is 61.5. The summed E-state index contributed by atoms with van der Waals surface area (Å²) in [6.07, 6.45) is 10.7. The van der Waals surface area contributed by atoms with E-state index < -0.39 is 30.3 Å². The Morgan fingerprint density at radius 1 is 0.512 bits per heavy atom. The van der Waals surface area contributed by atoms with Crippen molar-refractivity contribution in [2.24, 2.45) is 0 Å². The number of anilines is 2. The average Bonchev–Trinajstić information content (AvgIpc) is 3.51. The summed E-state index contributed by atoms with van der Waals surface area (Å²) in [5, 5.41) is 0.431. The molecule has 0 saturated heterocycles. The maximum atomic E-state index is 12.9. The Bertz CT molecular complexity index is 3730. The molecule has 0 atom stereocenters. The lowest BCUT2D eigenvalue weighted by Crippen LogP contribution is -2.30. The highest BCUT2D eigenvalue weighted by Crippen LogP contribution is 2.41. The number of methoxy groups -OCH3 is 2. The van der Waals surface area contributed by atoms with E-state index in [0.29, 0.717) is 11.5 Å². The number of aromatic nitrogens is 8. The van der Waals surface area contributed by atoms with Crippen molar-refractivity contribution in [3.8, 4) is 58.3 Å². The van der Waals surface area contributed by atoms with Crippen LogP contribution in [0.4, 0.5) is 11.6 Å². The van der Waals surface area contributed by atoms with Crippen LogP contribution >= 0.6 is 35.0 Å². The van der Waals surface area contributed by atoms with Gasteiger partial charge < -0.3 is 37.9 Å². The second kappa shape index (κ2) is 29.6. The lowest BCUT2D eigenvalue weighted by atomic mass is 10.2. The molecule has 432 valence electrons. The van der Waals surface area contributed by atoms with Gasteiger partial charge in [0.15, 0.2) is 21.5 Å². The van der Waals surface area contributed by atoms with Crippen LogP contribution in [0.5, 0.6) is 58.3 Å². The summed E-state index contributed by atoms with van der Waals surface area (Å²) in [5.41, 5.74) is 1.51. The van der Waals surface area contributed by atoms with E-state index in [9.17, 15) is 25.3 Å². The summed E-state index contributed by atoms with van der Waals surface area (Å²) in [4.78, 5) is 33.1. The third-order valence-corrected chi connectivity index (χ3v) is 14.6. The predicted molar refractivity (Wildman–Crippen MR) is 303 cm³/mol. The van der Waals surface area contributed by atoms with E-state index in [1.807, 2.05) is 30.5 Å². The summed E-state index contributed by atoms with van der Waals surface area (Å²) >= 11 is 14.1. The molecule has 0 aliphatic heterocycles. The summed E-state index contributed by atoms with van der Waals surface area (Å²) in [7, 11) is -8.72. The molecule has 8 aromatic rings. The molecule has 0 radical (unpaired) electrons. The summed E-state index contributed by atoms with van der Waals surface area (Å²) in [6.45, 7) is -0.0456. The first-order chi connectivity index (χ1) is 39.4. The molecule has 0 amide bonds. The maximum absolute atomic E-state index is 12.9. The first-order valence-corrected chi connectivity index (χ1v) is 30.5. The fourth-order valence-corrected chi connectivity index (χ4v) is 9.09. The highest BCUT2D eigenvalue weighted by molar-refractivity contribution is 7.98. The Balaban J connectivity index is 0.000000236. The minimum absolute atomic E-state index is 0.00526.